The quantitative estimate of drug-likeness (QED) is 0.462. The van der Waals surface area contributed by atoms with Crippen molar-refractivity contribution in [3.8, 4) is 0 Å². The van der Waals surface area contributed by atoms with Gasteiger partial charge in [0.1, 0.15) is 0 Å². The highest BCUT2D eigenvalue weighted by atomic mass is 32.2. The molecule has 0 aliphatic carbocycles. The van der Waals surface area contributed by atoms with Crippen molar-refractivity contribution in [1.82, 2.24) is 0 Å². The first-order valence-electron chi connectivity index (χ1n) is 5.73. The molecule has 0 saturated carbocycles. The zero-order valence-electron chi connectivity index (χ0n) is 9.31. The first-order chi connectivity index (χ1) is 7.34. The van der Waals surface area contributed by atoms with Gasteiger partial charge in [-0.15, -0.1) is 0 Å². The summed E-state index contributed by atoms with van der Waals surface area (Å²) in [5.41, 5.74) is 0. The fraction of sp³-hybridized carbons (Fsp3) is 1.00. The Balaban J connectivity index is 1.35. The van der Waals surface area contributed by atoms with E-state index in [9.17, 15) is 0 Å². The molecule has 0 radical (unpaired) electrons. The van der Waals surface area contributed by atoms with Crippen LogP contribution < -0.4 is 0 Å². The molecule has 2 fully saturated rings. The molecule has 2 aliphatic rings. The Morgan fingerprint density at radius 1 is 1.13 bits per heavy atom. The van der Waals surface area contributed by atoms with Gasteiger partial charge in [-0.05, 0) is 23.8 Å². The molecule has 2 heterocycles. The summed E-state index contributed by atoms with van der Waals surface area (Å²) in [5.74, 6) is 5.84. The summed E-state index contributed by atoms with van der Waals surface area (Å²) in [6, 6.07) is 0. The zero-order chi connectivity index (χ0) is 10.5. The van der Waals surface area contributed by atoms with Crippen molar-refractivity contribution in [2.45, 2.75) is 25.6 Å². The van der Waals surface area contributed by atoms with Gasteiger partial charge in [-0.1, -0.05) is 6.92 Å². The van der Waals surface area contributed by atoms with E-state index in [1.165, 1.54) is 29.4 Å². The number of epoxide rings is 2. The van der Waals surface area contributed by atoms with Crippen molar-refractivity contribution >= 4 is 23.5 Å². The number of rotatable bonds is 9. The fourth-order valence-electron chi connectivity index (χ4n) is 1.31. The van der Waals surface area contributed by atoms with E-state index in [4.69, 9.17) is 9.47 Å². The number of hydrogen-bond acceptors (Lipinski definition) is 4. The average Bonchev–Trinajstić information content (AvgIpc) is 3.06. The van der Waals surface area contributed by atoms with Crippen LogP contribution in [-0.4, -0.2) is 48.4 Å². The third kappa shape index (κ3) is 6.05. The SMILES string of the molecule is CC(CCSCC1CO1)CSCC1CO1. The summed E-state index contributed by atoms with van der Waals surface area (Å²) in [4.78, 5) is 0. The topological polar surface area (TPSA) is 25.1 Å². The van der Waals surface area contributed by atoms with Gasteiger partial charge in [0.15, 0.2) is 0 Å². The second kappa shape index (κ2) is 6.38. The molecule has 2 nitrogen and oxygen atoms in total. The molecule has 0 spiro atoms. The highest BCUT2D eigenvalue weighted by Gasteiger charge is 2.22. The van der Waals surface area contributed by atoms with Crippen molar-refractivity contribution in [3.05, 3.63) is 0 Å². The molecule has 2 rings (SSSR count). The molecule has 0 amide bonds. The average molecular weight is 248 g/mol. The summed E-state index contributed by atoms with van der Waals surface area (Å²) in [6.45, 7) is 4.35. The highest BCUT2D eigenvalue weighted by molar-refractivity contribution is 7.99. The summed E-state index contributed by atoms with van der Waals surface area (Å²) >= 11 is 4.10. The van der Waals surface area contributed by atoms with E-state index in [-0.39, 0.29) is 0 Å². The standard InChI is InChI=1S/C11H20O2S2/c1-9(6-15-8-11-5-13-11)2-3-14-7-10-4-12-10/h9-11H,2-8H2,1H3. The lowest BCUT2D eigenvalue weighted by atomic mass is 10.2. The summed E-state index contributed by atoms with van der Waals surface area (Å²) in [6.07, 6.45) is 2.52. The molecule has 15 heavy (non-hydrogen) atoms. The highest BCUT2D eigenvalue weighted by Crippen LogP contribution is 2.21. The maximum absolute atomic E-state index is 5.18. The van der Waals surface area contributed by atoms with Crippen LogP contribution in [0.1, 0.15) is 13.3 Å². The second-order valence-corrected chi connectivity index (χ2v) is 6.64. The molecular formula is C11H20O2S2. The third-order valence-electron chi connectivity index (χ3n) is 2.57. The Morgan fingerprint density at radius 2 is 1.73 bits per heavy atom. The molecular weight excluding hydrogens is 228 g/mol. The molecule has 0 bridgehead atoms. The Hall–Kier alpha value is 0.620. The molecule has 0 N–H and O–H groups in total. The monoisotopic (exact) mass is 248 g/mol. The number of thioether (sulfide) groups is 2. The van der Waals surface area contributed by atoms with Gasteiger partial charge in [0.05, 0.1) is 25.4 Å². The van der Waals surface area contributed by atoms with Crippen LogP contribution in [0.25, 0.3) is 0 Å². The summed E-state index contributed by atoms with van der Waals surface area (Å²) < 4.78 is 10.4. The Morgan fingerprint density at radius 3 is 2.33 bits per heavy atom. The van der Waals surface area contributed by atoms with Gasteiger partial charge in [0.2, 0.25) is 0 Å². The molecule has 2 saturated heterocycles. The summed E-state index contributed by atoms with van der Waals surface area (Å²) in [7, 11) is 0. The van der Waals surface area contributed by atoms with E-state index < -0.39 is 0 Å². The fourth-order valence-corrected chi connectivity index (χ4v) is 3.66. The second-order valence-electron chi connectivity index (χ2n) is 4.42. The maximum atomic E-state index is 5.18. The van der Waals surface area contributed by atoms with Crippen LogP contribution >= 0.6 is 23.5 Å². The van der Waals surface area contributed by atoms with Crippen LogP contribution in [0.3, 0.4) is 0 Å². The van der Waals surface area contributed by atoms with Crippen molar-refractivity contribution in [2.75, 3.05) is 36.2 Å². The lowest BCUT2D eigenvalue weighted by Gasteiger charge is -2.09. The minimum absolute atomic E-state index is 0.587. The molecule has 4 heteroatoms. The van der Waals surface area contributed by atoms with Crippen LogP contribution in [-0.2, 0) is 9.47 Å². The Labute approximate surface area is 101 Å². The Kier molecular flexibility index (Phi) is 5.14. The van der Waals surface area contributed by atoms with Gasteiger partial charge in [-0.25, -0.2) is 0 Å². The normalized spacial score (nSPS) is 30.2. The zero-order valence-corrected chi connectivity index (χ0v) is 10.9. The maximum Gasteiger partial charge on any atom is 0.0900 e. The smallest absolute Gasteiger partial charge is 0.0900 e. The molecule has 0 aromatic carbocycles. The van der Waals surface area contributed by atoms with E-state index >= 15 is 0 Å². The largest absolute Gasteiger partial charge is 0.372 e. The number of hydrogen-bond donors (Lipinski definition) is 0. The van der Waals surface area contributed by atoms with Crippen molar-refractivity contribution < 1.29 is 9.47 Å². The molecule has 0 aromatic heterocycles. The molecule has 2 aliphatic heterocycles. The lowest BCUT2D eigenvalue weighted by Crippen LogP contribution is -2.03. The van der Waals surface area contributed by atoms with Crippen LogP contribution in [0.15, 0.2) is 0 Å². The van der Waals surface area contributed by atoms with Gasteiger partial charge in [0, 0.05) is 11.5 Å². The van der Waals surface area contributed by atoms with E-state index in [1.807, 2.05) is 23.5 Å². The molecule has 3 atom stereocenters. The van der Waals surface area contributed by atoms with Crippen molar-refractivity contribution in [3.63, 3.8) is 0 Å². The lowest BCUT2D eigenvalue weighted by molar-refractivity contribution is 0.425. The summed E-state index contributed by atoms with van der Waals surface area (Å²) in [5, 5.41) is 0. The van der Waals surface area contributed by atoms with Crippen LogP contribution in [0.2, 0.25) is 0 Å². The third-order valence-corrected chi connectivity index (χ3v) is 5.11. The molecule has 3 unspecified atom stereocenters. The van der Waals surface area contributed by atoms with Gasteiger partial charge >= 0.3 is 0 Å². The van der Waals surface area contributed by atoms with Crippen molar-refractivity contribution in [2.24, 2.45) is 5.92 Å². The minimum atomic E-state index is 0.587. The van der Waals surface area contributed by atoms with Gasteiger partial charge in [-0.3, -0.25) is 0 Å². The van der Waals surface area contributed by atoms with Crippen LogP contribution in [0.5, 0.6) is 0 Å². The minimum Gasteiger partial charge on any atom is -0.372 e. The molecule has 88 valence electrons. The van der Waals surface area contributed by atoms with Crippen molar-refractivity contribution in [1.29, 1.82) is 0 Å². The van der Waals surface area contributed by atoms with E-state index in [0.29, 0.717) is 12.2 Å². The van der Waals surface area contributed by atoms with Gasteiger partial charge < -0.3 is 9.47 Å². The van der Waals surface area contributed by atoms with Crippen LogP contribution in [0.4, 0.5) is 0 Å². The number of ether oxygens (including phenoxy) is 2. The van der Waals surface area contributed by atoms with Gasteiger partial charge in [-0.2, -0.15) is 23.5 Å². The van der Waals surface area contributed by atoms with Gasteiger partial charge in [0.25, 0.3) is 0 Å². The molecule has 0 aromatic rings. The van der Waals surface area contributed by atoms with E-state index in [2.05, 4.69) is 6.92 Å². The first-order valence-corrected chi connectivity index (χ1v) is 8.04. The Bertz CT molecular complexity index is 181. The van der Waals surface area contributed by atoms with E-state index in [1.54, 1.807) is 0 Å². The predicted molar refractivity (Wildman–Crippen MR) is 67.9 cm³/mol. The van der Waals surface area contributed by atoms with Crippen LogP contribution in [0, 0.1) is 5.92 Å². The predicted octanol–water partition coefficient (Wildman–Crippen LogP) is 2.28. The first kappa shape index (κ1) is 12.1. The van der Waals surface area contributed by atoms with E-state index in [0.717, 1.165) is 19.1 Å².